The van der Waals surface area contributed by atoms with Gasteiger partial charge >= 0.3 is 0 Å². The average Bonchev–Trinajstić information content (AvgIpc) is 2.03. The highest BCUT2D eigenvalue weighted by atomic mass is 32.2. The van der Waals surface area contributed by atoms with Gasteiger partial charge in [0.1, 0.15) is 0 Å². The van der Waals surface area contributed by atoms with Crippen LogP contribution in [0.2, 0.25) is 0 Å². The van der Waals surface area contributed by atoms with Crippen LogP contribution < -0.4 is 0 Å². The first-order valence-corrected chi connectivity index (χ1v) is 5.55. The third-order valence-electron chi connectivity index (χ3n) is 1.72. The monoisotopic (exact) mass is 195 g/mol. The smallest absolute Gasteiger partial charge is 0.175 e. The van der Waals surface area contributed by atoms with Crippen LogP contribution in [0.4, 0.5) is 0 Å². The molecule has 0 spiro atoms. The molecule has 4 heteroatoms. The van der Waals surface area contributed by atoms with E-state index in [0.29, 0.717) is 11.1 Å². The third-order valence-corrected chi connectivity index (χ3v) is 2.96. The molecular formula is C9H9NO2S. The van der Waals surface area contributed by atoms with E-state index in [4.69, 9.17) is 5.26 Å². The van der Waals surface area contributed by atoms with Gasteiger partial charge in [0.05, 0.1) is 16.5 Å². The molecule has 0 amide bonds. The quantitative estimate of drug-likeness (QED) is 0.678. The summed E-state index contributed by atoms with van der Waals surface area (Å²) in [5.74, 6) is 0. The molecule has 0 unspecified atom stereocenters. The number of nitriles is 1. The zero-order valence-electron chi connectivity index (χ0n) is 7.40. The van der Waals surface area contributed by atoms with Gasteiger partial charge in [-0.1, -0.05) is 6.07 Å². The molecule has 0 saturated carbocycles. The predicted molar refractivity (Wildman–Crippen MR) is 49.0 cm³/mol. The second-order valence-electron chi connectivity index (χ2n) is 2.86. The van der Waals surface area contributed by atoms with Gasteiger partial charge < -0.3 is 0 Å². The van der Waals surface area contributed by atoms with Crippen molar-refractivity contribution in [2.45, 2.75) is 11.8 Å². The Morgan fingerprint density at radius 1 is 1.38 bits per heavy atom. The first kappa shape index (κ1) is 9.75. The van der Waals surface area contributed by atoms with Gasteiger partial charge in [0.15, 0.2) is 9.84 Å². The minimum absolute atomic E-state index is 0.228. The molecule has 3 nitrogen and oxygen atoms in total. The molecule has 1 rings (SSSR count). The van der Waals surface area contributed by atoms with Gasteiger partial charge in [-0.25, -0.2) is 8.42 Å². The summed E-state index contributed by atoms with van der Waals surface area (Å²) >= 11 is 0. The van der Waals surface area contributed by atoms with Crippen molar-refractivity contribution in [3.05, 3.63) is 29.3 Å². The maximum atomic E-state index is 11.2. The van der Waals surface area contributed by atoms with E-state index in [-0.39, 0.29) is 4.90 Å². The molecule has 0 heterocycles. The zero-order chi connectivity index (χ0) is 10.1. The number of benzene rings is 1. The summed E-state index contributed by atoms with van der Waals surface area (Å²) in [6.45, 7) is 1.71. The standard InChI is InChI=1S/C9H9NO2S/c1-7-3-4-8(6-10)5-9(7)13(2,11)12/h3-5H,1-2H3. The molecule has 0 bridgehead atoms. The maximum Gasteiger partial charge on any atom is 0.175 e. The normalized spacial score (nSPS) is 10.8. The van der Waals surface area contributed by atoms with Crippen molar-refractivity contribution < 1.29 is 8.42 Å². The van der Waals surface area contributed by atoms with Crippen LogP contribution in [0.3, 0.4) is 0 Å². The topological polar surface area (TPSA) is 57.9 Å². The molecule has 0 aliphatic carbocycles. The van der Waals surface area contributed by atoms with E-state index >= 15 is 0 Å². The summed E-state index contributed by atoms with van der Waals surface area (Å²) in [4.78, 5) is 0.228. The fourth-order valence-electron chi connectivity index (χ4n) is 1.07. The summed E-state index contributed by atoms with van der Waals surface area (Å²) in [7, 11) is -3.22. The van der Waals surface area contributed by atoms with Gasteiger partial charge in [0, 0.05) is 6.26 Å². The first-order chi connectivity index (χ1) is 5.95. The van der Waals surface area contributed by atoms with E-state index in [1.165, 1.54) is 6.07 Å². The molecule has 0 fully saturated rings. The van der Waals surface area contributed by atoms with Crippen molar-refractivity contribution >= 4 is 9.84 Å². The second-order valence-corrected chi connectivity index (χ2v) is 4.85. The van der Waals surface area contributed by atoms with Crippen molar-refractivity contribution in [3.63, 3.8) is 0 Å². The number of sulfone groups is 1. The third kappa shape index (κ3) is 2.07. The highest BCUT2D eigenvalue weighted by Crippen LogP contribution is 2.16. The van der Waals surface area contributed by atoms with Crippen LogP contribution in [-0.4, -0.2) is 14.7 Å². The molecule has 13 heavy (non-hydrogen) atoms. The Bertz CT molecular complexity index is 469. The Kier molecular flexibility index (Phi) is 2.39. The maximum absolute atomic E-state index is 11.2. The SMILES string of the molecule is Cc1ccc(C#N)cc1S(C)(=O)=O. The lowest BCUT2D eigenvalue weighted by molar-refractivity contribution is 0.601. The van der Waals surface area contributed by atoms with Gasteiger partial charge in [0.2, 0.25) is 0 Å². The lowest BCUT2D eigenvalue weighted by atomic mass is 10.2. The Labute approximate surface area is 77.5 Å². The van der Waals surface area contributed by atoms with E-state index in [1.54, 1.807) is 19.1 Å². The molecule has 0 saturated heterocycles. The van der Waals surface area contributed by atoms with Crippen molar-refractivity contribution in [1.29, 1.82) is 5.26 Å². The van der Waals surface area contributed by atoms with E-state index in [1.807, 2.05) is 6.07 Å². The predicted octanol–water partition coefficient (Wildman–Crippen LogP) is 1.27. The van der Waals surface area contributed by atoms with Gasteiger partial charge in [0.25, 0.3) is 0 Å². The van der Waals surface area contributed by atoms with Crippen LogP contribution >= 0.6 is 0 Å². The van der Waals surface area contributed by atoms with E-state index in [0.717, 1.165) is 6.26 Å². The molecule has 1 aromatic carbocycles. The Hall–Kier alpha value is -1.34. The molecule has 0 aliphatic heterocycles. The molecular weight excluding hydrogens is 186 g/mol. The van der Waals surface area contributed by atoms with Crippen LogP contribution in [0.1, 0.15) is 11.1 Å². The Morgan fingerprint density at radius 2 is 2.00 bits per heavy atom. The lowest BCUT2D eigenvalue weighted by Crippen LogP contribution is -2.00. The molecule has 1 aromatic rings. The van der Waals surface area contributed by atoms with Crippen LogP contribution in [0.15, 0.2) is 23.1 Å². The molecule has 0 aliphatic rings. The minimum atomic E-state index is -3.22. The van der Waals surface area contributed by atoms with Gasteiger partial charge in [-0.2, -0.15) is 5.26 Å². The lowest BCUT2D eigenvalue weighted by Gasteiger charge is -2.02. The van der Waals surface area contributed by atoms with Crippen LogP contribution in [0.5, 0.6) is 0 Å². The van der Waals surface area contributed by atoms with Crippen LogP contribution in [0, 0.1) is 18.3 Å². The fourth-order valence-corrected chi connectivity index (χ4v) is 2.06. The first-order valence-electron chi connectivity index (χ1n) is 3.66. The van der Waals surface area contributed by atoms with Crippen molar-refractivity contribution in [3.8, 4) is 6.07 Å². The molecule has 0 aromatic heterocycles. The number of hydrogen-bond donors (Lipinski definition) is 0. The molecule has 0 radical (unpaired) electrons. The van der Waals surface area contributed by atoms with E-state index in [9.17, 15) is 8.42 Å². The van der Waals surface area contributed by atoms with E-state index < -0.39 is 9.84 Å². The highest BCUT2D eigenvalue weighted by molar-refractivity contribution is 7.90. The molecule has 0 N–H and O–H groups in total. The zero-order valence-corrected chi connectivity index (χ0v) is 8.22. The number of aryl methyl sites for hydroxylation is 1. The minimum Gasteiger partial charge on any atom is -0.224 e. The summed E-state index contributed by atoms with van der Waals surface area (Å²) < 4.78 is 22.4. The summed E-state index contributed by atoms with van der Waals surface area (Å²) in [6, 6.07) is 6.53. The average molecular weight is 195 g/mol. The number of nitrogens with zero attached hydrogens (tertiary/aromatic N) is 1. The van der Waals surface area contributed by atoms with Crippen molar-refractivity contribution in [2.75, 3.05) is 6.26 Å². The number of hydrogen-bond acceptors (Lipinski definition) is 3. The van der Waals surface area contributed by atoms with Crippen LogP contribution in [-0.2, 0) is 9.84 Å². The van der Waals surface area contributed by atoms with Crippen LogP contribution in [0.25, 0.3) is 0 Å². The highest BCUT2D eigenvalue weighted by Gasteiger charge is 2.10. The van der Waals surface area contributed by atoms with Crippen molar-refractivity contribution in [2.24, 2.45) is 0 Å². The second kappa shape index (κ2) is 3.19. The van der Waals surface area contributed by atoms with Crippen molar-refractivity contribution in [1.82, 2.24) is 0 Å². The molecule has 0 atom stereocenters. The van der Waals surface area contributed by atoms with E-state index in [2.05, 4.69) is 0 Å². The summed E-state index contributed by atoms with van der Waals surface area (Å²) in [5.41, 5.74) is 1.03. The fraction of sp³-hybridized carbons (Fsp3) is 0.222. The summed E-state index contributed by atoms with van der Waals surface area (Å²) in [5, 5.41) is 8.57. The summed E-state index contributed by atoms with van der Waals surface area (Å²) in [6.07, 6.45) is 1.14. The number of rotatable bonds is 1. The molecule has 68 valence electrons. The van der Waals surface area contributed by atoms with Gasteiger partial charge in [-0.05, 0) is 24.6 Å². The van der Waals surface area contributed by atoms with Gasteiger partial charge in [-0.15, -0.1) is 0 Å². The Morgan fingerprint density at radius 3 is 2.46 bits per heavy atom. The largest absolute Gasteiger partial charge is 0.224 e. The Balaban J connectivity index is 3.47. The van der Waals surface area contributed by atoms with Gasteiger partial charge in [-0.3, -0.25) is 0 Å².